The minimum Gasteiger partial charge on any atom is -0.352 e. The van der Waals surface area contributed by atoms with Crippen molar-refractivity contribution in [2.75, 3.05) is 25.6 Å². The van der Waals surface area contributed by atoms with E-state index in [-0.39, 0.29) is 22.0 Å². The van der Waals surface area contributed by atoms with E-state index in [0.717, 1.165) is 13.0 Å². The van der Waals surface area contributed by atoms with Gasteiger partial charge in [-0.1, -0.05) is 53.7 Å². The maximum atomic E-state index is 12.2. The van der Waals surface area contributed by atoms with Gasteiger partial charge in [0.05, 0.1) is 11.1 Å². The molecule has 1 aromatic carbocycles. The van der Waals surface area contributed by atoms with E-state index in [2.05, 4.69) is 53.8 Å². The van der Waals surface area contributed by atoms with Crippen LogP contribution in [0.2, 0.25) is 0 Å². The SMILES string of the molecule is CC(C)(C)S(C)(C)O.CC(NCCCN1C(=O)c2ccccc2C1=O)C(C)(C)C. The summed E-state index contributed by atoms with van der Waals surface area (Å²) in [6.07, 6.45) is 4.59. The molecular weight excluding hydrogens is 384 g/mol. The Labute approximate surface area is 178 Å². The number of hydrogen-bond donors (Lipinski definition) is 2. The molecule has 1 unspecified atom stereocenters. The van der Waals surface area contributed by atoms with Crippen LogP contribution in [0.5, 0.6) is 0 Å². The fraction of sp³-hybridized carbons (Fsp3) is 0.652. The van der Waals surface area contributed by atoms with Crippen LogP contribution in [0.25, 0.3) is 0 Å². The first-order chi connectivity index (χ1) is 13.1. The minimum absolute atomic E-state index is 0.0764. The monoisotopic (exact) mass is 424 g/mol. The van der Waals surface area contributed by atoms with E-state index >= 15 is 0 Å². The van der Waals surface area contributed by atoms with Gasteiger partial charge in [0.2, 0.25) is 0 Å². The molecule has 166 valence electrons. The summed E-state index contributed by atoms with van der Waals surface area (Å²) in [6.45, 7) is 16.2. The summed E-state index contributed by atoms with van der Waals surface area (Å²) in [5, 5.41) is 3.45. The highest BCUT2D eigenvalue weighted by Gasteiger charge is 2.34. The molecular formula is C23H40N2O3S. The van der Waals surface area contributed by atoms with Crippen molar-refractivity contribution in [3.05, 3.63) is 35.4 Å². The first-order valence-electron chi connectivity index (χ1n) is 10.2. The fourth-order valence-corrected chi connectivity index (χ4v) is 2.30. The van der Waals surface area contributed by atoms with Crippen molar-refractivity contribution in [3.8, 4) is 0 Å². The number of amides is 2. The van der Waals surface area contributed by atoms with Gasteiger partial charge in [-0.05, 0) is 49.9 Å². The number of fused-ring (bicyclic) bond motifs is 1. The van der Waals surface area contributed by atoms with Crippen molar-refractivity contribution in [1.29, 1.82) is 0 Å². The zero-order chi connectivity index (χ0) is 22.6. The largest absolute Gasteiger partial charge is 0.352 e. The molecule has 1 heterocycles. The number of benzene rings is 1. The lowest BCUT2D eigenvalue weighted by atomic mass is 9.88. The first kappa shape index (κ1) is 25.7. The van der Waals surface area contributed by atoms with Crippen LogP contribution in [0.4, 0.5) is 0 Å². The molecule has 29 heavy (non-hydrogen) atoms. The number of nitrogens with zero attached hydrogens (tertiary/aromatic N) is 1. The van der Waals surface area contributed by atoms with Gasteiger partial charge in [-0.15, -0.1) is 10.3 Å². The van der Waals surface area contributed by atoms with Gasteiger partial charge in [0.25, 0.3) is 11.8 Å². The van der Waals surface area contributed by atoms with Gasteiger partial charge < -0.3 is 9.87 Å². The second-order valence-corrected chi connectivity index (χ2v) is 13.9. The molecule has 1 aliphatic heterocycles. The third kappa shape index (κ3) is 7.12. The molecule has 2 N–H and O–H groups in total. The third-order valence-electron chi connectivity index (χ3n) is 5.68. The van der Waals surface area contributed by atoms with Crippen LogP contribution in [-0.2, 0) is 0 Å². The van der Waals surface area contributed by atoms with Gasteiger partial charge in [-0.2, -0.15) is 0 Å². The number of carbonyl (C=O) groups is 2. The quantitative estimate of drug-likeness (QED) is 0.514. The summed E-state index contributed by atoms with van der Waals surface area (Å²) >= 11 is 0. The standard InChI is InChI=1S/C17H24N2O2.C6H16OS/c1-12(17(2,3)4)18-10-7-11-19-15(20)13-8-5-6-9-14(13)16(19)21;1-6(2,3)8(4,5)7/h5-6,8-9,12,18H,7,10-11H2,1-4H3;7H,1-5H3. The van der Waals surface area contributed by atoms with Crippen LogP contribution >= 0.6 is 10.3 Å². The maximum absolute atomic E-state index is 12.2. The lowest BCUT2D eigenvalue weighted by Crippen LogP contribution is -2.39. The zero-order valence-corrected chi connectivity index (χ0v) is 20.4. The Kier molecular flexibility index (Phi) is 8.52. The van der Waals surface area contributed by atoms with E-state index in [1.165, 1.54) is 4.90 Å². The van der Waals surface area contributed by atoms with E-state index in [0.29, 0.717) is 23.7 Å². The predicted octanol–water partition coefficient (Wildman–Crippen LogP) is 5.02. The van der Waals surface area contributed by atoms with Crippen LogP contribution in [0, 0.1) is 5.41 Å². The first-order valence-corrected chi connectivity index (χ1v) is 12.6. The van der Waals surface area contributed by atoms with Gasteiger partial charge in [0.15, 0.2) is 0 Å². The molecule has 0 saturated carbocycles. The summed E-state index contributed by atoms with van der Waals surface area (Å²) in [6, 6.07) is 7.41. The summed E-state index contributed by atoms with van der Waals surface area (Å²) in [7, 11) is -1.34. The molecule has 0 radical (unpaired) electrons. The summed E-state index contributed by atoms with van der Waals surface area (Å²) in [5.74, 6) is -0.334. The molecule has 0 aliphatic carbocycles. The molecule has 6 heteroatoms. The lowest BCUT2D eigenvalue weighted by molar-refractivity contribution is 0.0652. The molecule has 1 aliphatic rings. The van der Waals surface area contributed by atoms with Crippen LogP contribution in [0.1, 0.15) is 75.6 Å². The Hall–Kier alpha value is -1.37. The Morgan fingerprint density at radius 3 is 1.76 bits per heavy atom. The number of rotatable bonds is 5. The molecule has 1 aromatic rings. The Balaban J connectivity index is 0.000000447. The molecule has 5 nitrogen and oxygen atoms in total. The molecule has 0 bridgehead atoms. The second-order valence-electron chi connectivity index (χ2n) is 10.1. The number of hydrogen-bond acceptors (Lipinski definition) is 4. The van der Waals surface area contributed by atoms with Gasteiger partial charge in [0, 0.05) is 17.3 Å². The average molecular weight is 425 g/mol. The molecule has 0 spiro atoms. The Bertz CT molecular complexity index is 665. The van der Waals surface area contributed by atoms with E-state index in [1.807, 2.05) is 12.5 Å². The van der Waals surface area contributed by atoms with E-state index in [4.69, 9.17) is 0 Å². The average Bonchev–Trinajstić information content (AvgIpc) is 2.81. The highest BCUT2D eigenvalue weighted by atomic mass is 32.3. The van der Waals surface area contributed by atoms with E-state index in [9.17, 15) is 14.1 Å². The van der Waals surface area contributed by atoms with Gasteiger partial charge in [-0.3, -0.25) is 14.5 Å². The van der Waals surface area contributed by atoms with Crippen molar-refractivity contribution in [3.63, 3.8) is 0 Å². The van der Waals surface area contributed by atoms with Crippen molar-refractivity contribution in [2.24, 2.45) is 5.41 Å². The number of imide groups is 1. The molecule has 0 saturated heterocycles. The maximum Gasteiger partial charge on any atom is 0.261 e. The number of carbonyl (C=O) groups excluding carboxylic acids is 2. The van der Waals surface area contributed by atoms with Crippen molar-refractivity contribution in [2.45, 2.75) is 65.7 Å². The lowest BCUT2D eigenvalue weighted by Gasteiger charge is -2.38. The molecule has 2 rings (SSSR count). The summed E-state index contributed by atoms with van der Waals surface area (Å²) in [5.41, 5.74) is 1.26. The second kappa shape index (κ2) is 9.63. The Morgan fingerprint density at radius 2 is 1.41 bits per heavy atom. The van der Waals surface area contributed by atoms with Crippen molar-refractivity contribution < 1.29 is 14.1 Å². The fourth-order valence-electron chi connectivity index (χ4n) is 2.30. The smallest absolute Gasteiger partial charge is 0.261 e. The van der Waals surface area contributed by atoms with Crippen molar-refractivity contribution in [1.82, 2.24) is 10.2 Å². The normalized spacial score (nSPS) is 16.3. The van der Waals surface area contributed by atoms with Gasteiger partial charge >= 0.3 is 0 Å². The van der Waals surface area contributed by atoms with Crippen LogP contribution in [0.3, 0.4) is 0 Å². The van der Waals surface area contributed by atoms with E-state index in [1.54, 1.807) is 24.3 Å². The van der Waals surface area contributed by atoms with Crippen molar-refractivity contribution >= 4 is 22.1 Å². The zero-order valence-electron chi connectivity index (χ0n) is 19.6. The molecule has 1 atom stereocenters. The summed E-state index contributed by atoms with van der Waals surface area (Å²) in [4.78, 5) is 25.7. The van der Waals surface area contributed by atoms with E-state index < -0.39 is 10.3 Å². The van der Waals surface area contributed by atoms with Gasteiger partial charge in [-0.25, -0.2) is 0 Å². The predicted molar refractivity (Wildman–Crippen MR) is 125 cm³/mol. The molecule has 0 aromatic heterocycles. The number of nitrogens with one attached hydrogen (secondary N) is 1. The highest BCUT2D eigenvalue weighted by molar-refractivity contribution is 8.29. The Morgan fingerprint density at radius 1 is 1.00 bits per heavy atom. The van der Waals surface area contributed by atoms with Crippen LogP contribution < -0.4 is 5.32 Å². The highest BCUT2D eigenvalue weighted by Crippen LogP contribution is 2.48. The molecule has 0 fully saturated rings. The topological polar surface area (TPSA) is 69.6 Å². The third-order valence-corrected chi connectivity index (χ3v) is 8.68. The van der Waals surface area contributed by atoms with Crippen LogP contribution in [-0.4, -0.2) is 57.7 Å². The summed E-state index contributed by atoms with van der Waals surface area (Å²) < 4.78 is 9.51. The minimum atomic E-state index is -1.34. The molecule has 2 amide bonds. The van der Waals surface area contributed by atoms with Gasteiger partial charge in [0.1, 0.15) is 0 Å². The van der Waals surface area contributed by atoms with Crippen LogP contribution in [0.15, 0.2) is 24.3 Å².